The van der Waals surface area contributed by atoms with Crippen molar-refractivity contribution >= 4 is 5.97 Å². The van der Waals surface area contributed by atoms with Gasteiger partial charge in [0.15, 0.2) is 0 Å². The largest absolute Gasteiger partial charge is 0.479 e. The molecular weight excluding hydrogens is 314 g/mol. The smallest absolute Gasteiger partial charge is 0.345 e. The molecule has 0 radical (unpaired) electrons. The van der Waals surface area contributed by atoms with Crippen LogP contribution in [0, 0.1) is 0 Å². The Hall–Kier alpha value is -2.95. The Morgan fingerprint density at radius 2 is 1.12 bits per heavy atom. The van der Waals surface area contributed by atoms with Crippen LogP contribution in [0.4, 0.5) is 0 Å². The number of nitrogens with two attached hydrogens (primary N) is 1. The van der Waals surface area contributed by atoms with Gasteiger partial charge in [0.2, 0.25) is 5.60 Å². The highest BCUT2D eigenvalue weighted by Gasteiger charge is 2.39. The van der Waals surface area contributed by atoms with Crippen molar-refractivity contribution in [2.45, 2.75) is 12.1 Å². The molecule has 0 atom stereocenters. The Labute approximate surface area is 147 Å². The van der Waals surface area contributed by atoms with Crippen molar-refractivity contribution in [3.63, 3.8) is 0 Å². The van der Waals surface area contributed by atoms with Crippen LogP contribution in [0.2, 0.25) is 0 Å². The molecule has 25 heavy (non-hydrogen) atoms. The van der Waals surface area contributed by atoms with Gasteiger partial charge in [0.05, 0.1) is 0 Å². The van der Waals surface area contributed by atoms with Crippen LogP contribution in [0.5, 0.6) is 0 Å². The third-order valence-electron chi connectivity index (χ3n) is 3.77. The zero-order chi connectivity index (χ0) is 18.1. The van der Waals surface area contributed by atoms with E-state index >= 15 is 0 Å². The second kappa shape index (κ2) is 8.78. The summed E-state index contributed by atoms with van der Waals surface area (Å²) < 4.78 is 0. The summed E-state index contributed by atoms with van der Waals surface area (Å²) in [6, 6.07) is 26.7. The van der Waals surface area contributed by atoms with Crippen LogP contribution < -0.4 is 5.73 Å². The minimum absolute atomic E-state index is 0.346. The standard InChI is InChI=1S/C14H12O3.C7H9N/c15-13(16)14(17,11-7-3-1-4-8-11)12-9-5-2-6-10-12;8-6-7-4-2-1-3-5-7/h1-10,17H,(H,15,16);1-5H,6,8H2. The van der Waals surface area contributed by atoms with Crippen molar-refractivity contribution in [2.24, 2.45) is 5.73 Å². The first-order valence-corrected chi connectivity index (χ1v) is 7.90. The quantitative estimate of drug-likeness (QED) is 0.684. The van der Waals surface area contributed by atoms with Crippen LogP contribution in [-0.2, 0) is 16.9 Å². The number of hydrogen-bond donors (Lipinski definition) is 3. The molecule has 0 unspecified atom stereocenters. The molecule has 4 heteroatoms. The van der Waals surface area contributed by atoms with E-state index in [1.807, 2.05) is 30.3 Å². The fourth-order valence-corrected chi connectivity index (χ4v) is 2.39. The van der Waals surface area contributed by atoms with E-state index in [0.29, 0.717) is 17.7 Å². The summed E-state index contributed by atoms with van der Waals surface area (Å²) in [6.07, 6.45) is 0. The number of carboxylic acids is 1. The molecule has 0 bridgehead atoms. The highest BCUT2D eigenvalue weighted by molar-refractivity contribution is 5.83. The molecule has 4 N–H and O–H groups in total. The molecule has 0 aliphatic heterocycles. The molecule has 3 aromatic rings. The van der Waals surface area contributed by atoms with Crippen LogP contribution in [0.3, 0.4) is 0 Å². The van der Waals surface area contributed by atoms with Gasteiger partial charge in [-0.15, -0.1) is 0 Å². The van der Waals surface area contributed by atoms with Gasteiger partial charge in [-0.25, -0.2) is 4.79 Å². The molecule has 128 valence electrons. The molecule has 0 saturated carbocycles. The third kappa shape index (κ3) is 4.53. The van der Waals surface area contributed by atoms with Gasteiger partial charge in [-0.3, -0.25) is 0 Å². The third-order valence-corrected chi connectivity index (χ3v) is 3.77. The second-order valence-corrected chi connectivity index (χ2v) is 5.44. The molecule has 3 aromatic carbocycles. The van der Waals surface area contributed by atoms with E-state index < -0.39 is 11.6 Å². The van der Waals surface area contributed by atoms with Crippen molar-refractivity contribution < 1.29 is 15.0 Å². The lowest BCUT2D eigenvalue weighted by atomic mass is 9.86. The number of carboxylic acid groups (broad SMARTS) is 1. The molecule has 0 spiro atoms. The minimum Gasteiger partial charge on any atom is -0.479 e. The van der Waals surface area contributed by atoms with Crippen LogP contribution in [0.25, 0.3) is 0 Å². The fraction of sp³-hybridized carbons (Fsp3) is 0.0952. The first-order valence-electron chi connectivity index (χ1n) is 7.90. The van der Waals surface area contributed by atoms with Crippen molar-refractivity contribution in [3.8, 4) is 0 Å². The molecule has 0 saturated heterocycles. The van der Waals surface area contributed by atoms with Gasteiger partial charge in [-0.2, -0.15) is 0 Å². The number of hydrogen-bond acceptors (Lipinski definition) is 3. The van der Waals surface area contributed by atoms with Gasteiger partial charge < -0.3 is 15.9 Å². The van der Waals surface area contributed by atoms with Gasteiger partial charge >= 0.3 is 5.97 Å². The van der Waals surface area contributed by atoms with Crippen LogP contribution in [0.1, 0.15) is 16.7 Å². The summed E-state index contributed by atoms with van der Waals surface area (Å²) in [6.45, 7) is 0.640. The predicted molar refractivity (Wildman–Crippen MR) is 97.9 cm³/mol. The predicted octanol–water partition coefficient (Wildman–Crippen LogP) is 3.15. The summed E-state index contributed by atoms with van der Waals surface area (Å²) in [7, 11) is 0. The number of aliphatic carboxylic acids is 1. The number of benzene rings is 3. The molecule has 4 nitrogen and oxygen atoms in total. The Balaban J connectivity index is 0.000000236. The summed E-state index contributed by atoms with van der Waals surface area (Å²) in [5, 5.41) is 19.7. The van der Waals surface area contributed by atoms with E-state index in [9.17, 15) is 15.0 Å². The molecule has 0 heterocycles. The zero-order valence-electron chi connectivity index (χ0n) is 13.7. The number of aliphatic hydroxyl groups is 1. The minimum atomic E-state index is -2.00. The van der Waals surface area contributed by atoms with Gasteiger partial charge in [0, 0.05) is 6.54 Å². The molecule has 0 aliphatic rings. The topological polar surface area (TPSA) is 83.6 Å². The van der Waals surface area contributed by atoms with E-state index in [1.54, 1.807) is 60.7 Å². The number of rotatable bonds is 4. The van der Waals surface area contributed by atoms with Gasteiger partial charge in [0.1, 0.15) is 0 Å². The normalized spacial score (nSPS) is 10.5. The highest BCUT2D eigenvalue weighted by Crippen LogP contribution is 2.29. The van der Waals surface area contributed by atoms with Crippen LogP contribution >= 0.6 is 0 Å². The van der Waals surface area contributed by atoms with Crippen molar-refractivity contribution in [1.29, 1.82) is 0 Å². The summed E-state index contributed by atoms with van der Waals surface area (Å²) in [4.78, 5) is 11.4. The molecule has 3 rings (SSSR count). The Morgan fingerprint density at radius 3 is 1.40 bits per heavy atom. The van der Waals surface area contributed by atoms with Crippen LogP contribution in [-0.4, -0.2) is 16.2 Å². The lowest BCUT2D eigenvalue weighted by Crippen LogP contribution is -2.36. The zero-order valence-corrected chi connectivity index (χ0v) is 13.7. The van der Waals surface area contributed by atoms with E-state index in [4.69, 9.17) is 5.73 Å². The lowest BCUT2D eigenvalue weighted by Gasteiger charge is -2.24. The molecule has 0 fully saturated rings. The second-order valence-electron chi connectivity index (χ2n) is 5.44. The maximum absolute atomic E-state index is 11.4. The Morgan fingerprint density at radius 1 is 0.760 bits per heavy atom. The van der Waals surface area contributed by atoms with Crippen molar-refractivity contribution in [3.05, 3.63) is 108 Å². The molecule has 0 aromatic heterocycles. The van der Waals surface area contributed by atoms with E-state index in [2.05, 4.69) is 0 Å². The first kappa shape index (κ1) is 18.4. The molecule has 0 aliphatic carbocycles. The fourth-order valence-electron chi connectivity index (χ4n) is 2.39. The van der Waals surface area contributed by atoms with E-state index in [-0.39, 0.29) is 0 Å². The van der Waals surface area contributed by atoms with Crippen LogP contribution in [0.15, 0.2) is 91.0 Å². The monoisotopic (exact) mass is 335 g/mol. The van der Waals surface area contributed by atoms with Gasteiger partial charge in [-0.1, -0.05) is 91.0 Å². The highest BCUT2D eigenvalue weighted by atomic mass is 16.4. The van der Waals surface area contributed by atoms with Crippen molar-refractivity contribution in [2.75, 3.05) is 0 Å². The maximum Gasteiger partial charge on any atom is 0.345 e. The SMILES string of the molecule is NCc1ccccc1.O=C(O)C(O)(c1ccccc1)c1ccccc1. The molecular formula is C21H21NO3. The van der Waals surface area contributed by atoms with Gasteiger partial charge in [0.25, 0.3) is 0 Å². The summed E-state index contributed by atoms with van der Waals surface area (Å²) in [5.74, 6) is -1.28. The lowest BCUT2D eigenvalue weighted by molar-refractivity contribution is -0.155. The van der Waals surface area contributed by atoms with Crippen molar-refractivity contribution in [1.82, 2.24) is 0 Å². The summed E-state index contributed by atoms with van der Waals surface area (Å²) in [5.41, 5.74) is 5.23. The summed E-state index contributed by atoms with van der Waals surface area (Å²) >= 11 is 0. The Kier molecular flexibility index (Phi) is 6.46. The average Bonchev–Trinajstić information content (AvgIpc) is 2.69. The maximum atomic E-state index is 11.4. The van der Waals surface area contributed by atoms with E-state index in [0.717, 1.165) is 0 Å². The first-order chi connectivity index (χ1) is 12.1. The Bertz CT molecular complexity index is 735. The van der Waals surface area contributed by atoms with Gasteiger partial charge in [-0.05, 0) is 16.7 Å². The molecule has 0 amide bonds. The van der Waals surface area contributed by atoms with E-state index in [1.165, 1.54) is 5.56 Å². The number of carbonyl (C=O) groups is 1. The average molecular weight is 335 g/mol.